The van der Waals surface area contributed by atoms with Crippen molar-refractivity contribution in [3.05, 3.63) is 12.2 Å². The van der Waals surface area contributed by atoms with E-state index in [0.29, 0.717) is 11.3 Å². The Morgan fingerprint density at radius 2 is 2.10 bits per heavy atom. The van der Waals surface area contributed by atoms with Gasteiger partial charge in [-0.1, -0.05) is 26.3 Å². The summed E-state index contributed by atoms with van der Waals surface area (Å²) < 4.78 is 0. The summed E-state index contributed by atoms with van der Waals surface area (Å²) in [5, 5.41) is 9.31. The third-order valence-electron chi connectivity index (χ3n) is 3.22. The van der Waals surface area contributed by atoms with Crippen molar-refractivity contribution < 1.29 is 24.3 Å². The van der Waals surface area contributed by atoms with E-state index in [4.69, 9.17) is 5.73 Å². The summed E-state index contributed by atoms with van der Waals surface area (Å²) in [6.45, 7) is 5.36. The number of likely N-dealkylation sites (tertiary alicyclic amines) is 1. The number of carbonyl (C=O) groups is 4. The number of nitrogens with two attached hydrogens (primary N) is 1. The second kappa shape index (κ2) is 6.42. The lowest BCUT2D eigenvalue weighted by Gasteiger charge is -2.21. The van der Waals surface area contributed by atoms with Gasteiger partial charge in [0.2, 0.25) is 17.7 Å². The molecule has 1 saturated heterocycles. The molecule has 1 fully saturated rings. The maximum absolute atomic E-state index is 12.3. The van der Waals surface area contributed by atoms with Crippen LogP contribution in [0.5, 0.6) is 0 Å². The summed E-state index contributed by atoms with van der Waals surface area (Å²) in [6, 6.07) is 0. The zero-order valence-corrected chi connectivity index (χ0v) is 11.3. The molecule has 2 unspecified atom stereocenters. The third-order valence-corrected chi connectivity index (χ3v) is 3.22. The molecule has 1 aliphatic rings. The van der Waals surface area contributed by atoms with Crippen molar-refractivity contribution in [2.24, 2.45) is 11.7 Å². The van der Waals surface area contributed by atoms with Crippen LogP contribution in [0.25, 0.3) is 0 Å². The van der Waals surface area contributed by atoms with Crippen LogP contribution in [0.3, 0.4) is 0 Å². The van der Waals surface area contributed by atoms with E-state index in [1.807, 2.05) is 6.92 Å². The van der Waals surface area contributed by atoms with Crippen molar-refractivity contribution in [1.82, 2.24) is 4.90 Å². The second-order valence-corrected chi connectivity index (χ2v) is 4.71. The number of aliphatic hydroxyl groups is 1. The van der Waals surface area contributed by atoms with Crippen molar-refractivity contribution in [3.63, 3.8) is 0 Å². The molecule has 1 aliphatic heterocycles. The smallest absolute Gasteiger partial charge is 0.265 e. The first kappa shape index (κ1) is 16.0. The van der Waals surface area contributed by atoms with Crippen molar-refractivity contribution in [2.45, 2.75) is 38.7 Å². The Kier molecular flexibility index (Phi) is 5.15. The van der Waals surface area contributed by atoms with Crippen molar-refractivity contribution in [1.29, 1.82) is 0 Å². The first-order valence-electron chi connectivity index (χ1n) is 6.38. The normalized spacial score (nSPS) is 20.1. The number of amides is 4. The lowest BCUT2D eigenvalue weighted by molar-refractivity contribution is -0.153. The fourth-order valence-corrected chi connectivity index (χ4v) is 2.03. The Balaban J connectivity index is 2.98. The third kappa shape index (κ3) is 3.11. The minimum absolute atomic E-state index is 0.134. The van der Waals surface area contributed by atoms with Crippen LogP contribution in [0.2, 0.25) is 0 Å². The first-order chi connectivity index (χ1) is 9.31. The number of hydrogen-bond donors (Lipinski definition) is 2. The van der Waals surface area contributed by atoms with Gasteiger partial charge in [-0.3, -0.25) is 19.2 Å². The Hall–Kier alpha value is -2.02. The van der Waals surface area contributed by atoms with Crippen molar-refractivity contribution >= 4 is 23.6 Å². The Labute approximate surface area is 116 Å². The second-order valence-electron chi connectivity index (χ2n) is 4.71. The van der Waals surface area contributed by atoms with Crippen LogP contribution < -0.4 is 5.73 Å². The molecule has 7 heteroatoms. The number of nitrogens with zero attached hydrogens (tertiary/aromatic N) is 1. The molecule has 110 valence electrons. The van der Waals surface area contributed by atoms with Crippen LogP contribution in [0.4, 0.5) is 0 Å². The van der Waals surface area contributed by atoms with Gasteiger partial charge in [-0.25, -0.2) is 4.90 Å². The summed E-state index contributed by atoms with van der Waals surface area (Å²) in [6.07, 6.45) is -0.277. The molecule has 4 amide bonds. The maximum Gasteiger partial charge on any atom is 0.265 e. The first-order valence-corrected chi connectivity index (χ1v) is 6.38. The van der Waals surface area contributed by atoms with Gasteiger partial charge in [0.15, 0.2) is 0 Å². The van der Waals surface area contributed by atoms with Crippen LogP contribution in [-0.4, -0.2) is 39.7 Å². The fourth-order valence-electron chi connectivity index (χ4n) is 2.03. The SMILES string of the molecule is C=C(C(N)=O)C(CCCC)C(=O)N1C(=O)CC(O)C1=O. The largest absolute Gasteiger partial charge is 0.383 e. The topological polar surface area (TPSA) is 118 Å². The average molecular weight is 282 g/mol. The van der Waals surface area contributed by atoms with Gasteiger partial charge in [-0.15, -0.1) is 0 Å². The van der Waals surface area contributed by atoms with Gasteiger partial charge >= 0.3 is 0 Å². The predicted octanol–water partition coefficient (Wildman–Crippen LogP) is -0.519. The highest BCUT2D eigenvalue weighted by Gasteiger charge is 2.44. The molecule has 3 N–H and O–H groups in total. The predicted molar refractivity (Wildman–Crippen MR) is 68.8 cm³/mol. The zero-order valence-electron chi connectivity index (χ0n) is 11.3. The minimum Gasteiger partial charge on any atom is -0.383 e. The quantitative estimate of drug-likeness (QED) is 0.502. The molecule has 0 bridgehead atoms. The molecular formula is C13H18N2O5. The van der Waals surface area contributed by atoms with Gasteiger partial charge in [0.05, 0.1) is 12.3 Å². The van der Waals surface area contributed by atoms with Gasteiger partial charge in [-0.2, -0.15) is 0 Å². The highest BCUT2D eigenvalue weighted by atomic mass is 16.3. The van der Waals surface area contributed by atoms with E-state index in [9.17, 15) is 24.3 Å². The lowest BCUT2D eigenvalue weighted by atomic mass is 9.92. The molecule has 0 spiro atoms. The molecule has 0 saturated carbocycles. The minimum atomic E-state index is -1.50. The summed E-state index contributed by atoms with van der Waals surface area (Å²) in [5.74, 6) is -4.43. The Bertz CT molecular complexity index is 471. The lowest BCUT2D eigenvalue weighted by Crippen LogP contribution is -2.43. The summed E-state index contributed by atoms with van der Waals surface area (Å²) in [5.41, 5.74) is 4.98. The van der Waals surface area contributed by atoms with Crippen LogP contribution >= 0.6 is 0 Å². The highest BCUT2D eigenvalue weighted by Crippen LogP contribution is 2.23. The molecular weight excluding hydrogens is 264 g/mol. The molecule has 20 heavy (non-hydrogen) atoms. The molecule has 0 radical (unpaired) electrons. The number of carbonyl (C=O) groups excluding carboxylic acids is 4. The number of imide groups is 3. The molecule has 1 rings (SSSR count). The molecule has 0 aromatic heterocycles. The number of primary amides is 1. The molecule has 2 atom stereocenters. The monoisotopic (exact) mass is 282 g/mol. The molecule has 0 aliphatic carbocycles. The number of hydrogen-bond acceptors (Lipinski definition) is 5. The van der Waals surface area contributed by atoms with E-state index in [-0.39, 0.29) is 12.0 Å². The number of aliphatic hydroxyl groups excluding tert-OH is 1. The van der Waals surface area contributed by atoms with Crippen LogP contribution in [-0.2, 0) is 19.2 Å². The molecule has 7 nitrogen and oxygen atoms in total. The zero-order chi connectivity index (χ0) is 15.4. The van der Waals surface area contributed by atoms with E-state index >= 15 is 0 Å². The van der Waals surface area contributed by atoms with Gasteiger partial charge in [0.25, 0.3) is 5.91 Å². The van der Waals surface area contributed by atoms with Crippen LogP contribution in [0, 0.1) is 5.92 Å². The van der Waals surface area contributed by atoms with Crippen molar-refractivity contribution in [3.8, 4) is 0 Å². The summed E-state index contributed by atoms with van der Waals surface area (Å²) >= 11 is 0. The van der Waals surface area contributed by atoms with Crippen molar-refractivity contribution in [2.75, 3.05) is 0 Å². The standard InChI is InChI=1S/C13H18N2O5/c1-3-4-5-8(7(2)11(14)18)12(19)15-10(17)6-9(16)13(15)20/h8-9,16H,2-6H2,1H3,(H2,14,18). The van der Waals surface area contributed by atoms with E-state index < -0.39 is 42.1 Å². The van der Waals surface area contributed by atoms with Crippen LogP contribution in [0.1, 0.15) is 32.6 Å². The molecule has 0 aromatic carbocycles. The summed E-state index contributed by atoms with van der Waals surface area (Å²) in [7, 11) is 0. The van der Waals surface area contributed by atoms with E-state index in [1.165, 1.54) is 0 Å². The van der Waals surface area contributed by atoms with Crippen LogP contribution in [0.15, 0.2) is 12.2 Å². The Morgan fingerprint density at radius 1 is 1.50 bits per heavy atom. The number of unbranched alkanes of at least 4 members (excludes halogenated alkanes) is 1. The van der Waals surface area contributed by atoms with E-state index in [0.717, 1.165) is 6.42 Å². The molecule has 1 heterocycles. The van der Waals surface area contributed by atoms with Gasteiger partial charge in [-0.05, 0) is 6.42 Å². The Morgan fingerprint density at radius 3 is 2.50 bits per heavy atom. The summed E-state index contributed by atoms with van der Waals surface area (Å²) in [4.78, 5) is 47.1. The van der Waals surface area contributed by atoms with Gasteiger partial charge < -0.3 is 10.8 Å². The maximum atomic E-state index is 12.3. The van der Waals surface area contributed by atoms with E-state index in [2.05, 4.69) is 6.58 Å². The van der Waals surface area contributed by atoms with Gasteiger partial charge in [0, 0.05) is 5.57 Å². The fraction of sp³-hybridized carbons (Fsp3) is 0.538. The average Bonchev–Trinajstić information content (AvgIpc) is 2.63. The van der Waals surface area contributed by atoms with Gasteiger partial charge in [0.1, 0.15) is 6.10 Å². The van der Waals surface area contributed by atoms with E-state index in [1.54, 1.807) is 0 Å². The molecule has 0 aromatic rings. The highest BCUT2D eigenvalue weighted by molar-refractivity contribution is 6.18. The number of rotatable bonds is 6.